The van der Waals surface area contributed by atoms with Crippen LogP contribution >= 0.6 is 11.3 Å². The SMILES string of the molecule is CCOc1cc(C2/C(=C(/O)c3ccc(F)c(C)c3)C(=O)C(=O)N2Cc2cccs2)ccc1O. The zero-order valence-electron chi connectivity index (χ0n) is 18.0. The molecule has 4 rings (SSSR count). The molecule has 6 nitrogen and oxygen atoms in total. The molecule has 1 aromatic heterocycles. The Kier molecular flexibility index (Phi) is 6.20. The highest BCUT2D eigenvalue weighted by Crippen LogP contribution is 2.42. The van der Waals surface area contributed by atoms with Crippen molar-refractivity contribution >= 4 is 28.8 Å². The Hall–Kier alpha value is -3.65. The monoisotopic (exact) mass is 467 g/mol. The third-order valence-electron chi connectivity index (χ3n) is 5.48. The number of phenolic OH excluding ortho intramolecular Hbond substituents is 1. The second kappa shape index (κ2) is 9.07. The van der Waals surface area contributed by atoms with Gasteiger partial charge >= 0.3 is 0 Å². The summed E-state index contributed by atoms with van der Waals surface area (Å²) in [5, 5.41) is 23.1. The number of likely N-dealkylation sites (tertiary alicyclic amines) is 1. The lowest BCUT2D eigenvalue weighted by Crippen LogP contribution is -2.28. The van der Waals surface area contributed by atoms with E-state index in [4.69, 9.17) is 4.74 Å². The molecule has 0 radical (unpaired) electrons. The summed E-state index contributed by atoms with van der Waals surface area (Å²) in [5.74, 6) is -2.29. The van der Waals surface area contributed by atoms with Gasteiger partial charge < -0.3 is 19.8 Å². The number of Topliss-reactive ketones (excluding diaryl/α,β-unsaturated/α-hetero) is 1. The fraction of sp³-hybridized carbons (Fsp3) is 0.200. The lowest BCUT2D eigenvalue weighted by Gasteiger charge is -2.25. The van der Waals surface area contributed by atoms with Crippen LogP contribution in [0.4, 0.5) is 4.39 Å². The lowest BCUT2D eigenvalue weighted by molar-refractivity contribution is -0.140. The first-order valence-corrected chi connectivity index (χ1v) is 11.2. The molecule has 0 aliphatic carbocycles. The van der Waals surface area contributed by atoms with Crippen LogP contribution in [-0.2, 0) is 16.1 Å². The Morgan fingerprint density at radius 2 is 1.97 bits per heavy atom. The summed E-state index contributed by atoms with van der Waals surface area (Å²) in [4.78, 5) is 28.4. The number of aryl methyl sites for hydroxylation is 1. The predicted octanol–water partition coefficient (Wildman–Crippen LogP) is 4.92. The van der Waals surface area contributed by atoms with Crippen molar-refractivity contribution in [3.8, 4) is 11.5 Å². The van der Waals surface area contributed by atoms with Gasteiger partial charge in [0.25, 0.3) is 11.7 Å². The van der Waals surface area contributed by atoms with Gasteiger partial charge in [-0.05, 0) is 66.8 Å². The molecule has 1 fully saturated rings. The van der Waals surface area contributed by atoms with Gasteiger partial charge in [-0.15, -0.1) is 11.3 Å². The van der Waals surface area contributed by atoms with Crippen LogP contribution in [0.15, 0.2) is 59.5 Å². The van der Waals surface area contributed by atoms with E-state index < -0.39 is 23.5 Å². The number of benzene rings is 2. The van der Waals surface area contributed by atoms with Crippen molar-refractivity contribution in [2.75, 3.05) is 6.61 Å². The van der Waals surface area contributed by atoms with Crippen molar-refractivity contribution in [1.29, 1.82) is 0 Å². The van der Waals surface area contributed by atoms with E-state index >= 15 is 0 Å². The summed E-state index contributed by atoms with van der Waals surface area (Å²) in [7, 11) is 0. The average molecular weight is 468 g/mol. The molecular formula is C25H22FNO5S. The molecule has 2 heterocycles. The van der Waals surface area contributed by atoms with Crippen molar-refractivity contribution in [3.63, 3.8) is 0 Å². The number of hydrogen-bond acceptors (Lipinski definition) is 6. The van der Waals surface area contributed by atoms with Crippen molar-refractivity contribution in [3.05, 3.63) is 86.9 Å². The van der Waals surface area contributed by atoms with Gasteiger partial charge in [0.15, 0.2) is 11.5 Å². The number of aromatic hydroxyl groups is 1. The third kappa shape index (κ3) is 4.21. The fourth-order valence-corrected chi connectivity index (χ4v) is 4.58. The zero-order valence-corrected chi connectivity index (χ0v) is 18.9. The summed E-state index contributed by atoms with van der Waals surface area (Å²) in [6.07, 6.45) is 0. The van der Waals surface area contributed by atoms with Crippen molar-refractivity contribution in [2.45, 2.75) is 26.4 Å². The summed E-state index contributed by atoms with van der Waals surface area (Å²) >= 11 is 1.44. The van der Waals surface area contributed by atoms with Crippen LogP contribution in [0.3, 0.4) is 0 Å². The smallest absolute Gasteiger partial charge is 0.295 e. The Labute approximate surface area is 194 Å². The summed E-state index contributed by atoms with van der Waals surface area (Å²) < 4.78 is 19.3. The molecule has 1 atom stereocenters. The first kappa shape index (κ1) is 22.5. The topological polar surface area (TPSA) is 87.1 Å². The Bertz CT molecular complexity index is 1250. The van der Waals surface area contributed by atoms with Crippen LogP contribution < -0.4 is 4.74 Å². The largest absolute Gasteiger partial charge is 0.507 e. The number of ketones is 1. The minimum atomic E-state index is -0.919. The quantitative estimate of drug-likeness (QED) is 0.305. The number of aliphatic hydroxyl groups is 1. The molecule has 0 saturated carbocycles. The highest BCUT2D eigenvalue weighted by Gasteiger charge is 2.46. The number of nitrogens with zero attached hydrogens (tertiary/aromatic N) is 1. The maximum Gasteiger partial charge on any atom is 0.295 e. The van der Waals surface area contributed by atoms with Crippen LogP contribution in [0.1, 0.15) is 34.5 Å². The van der Waals surface area contributed by atoms with Gasteiger partial charge in [0.05, 0.1) is 24.8 Å². The normalized spacial score (nSPS) is 17.5. The highest BCUT2D eigenvalue weighted by molar-refractivity contribution is 7.09. The molecule has 33 heavy (non-hydrogen) atoms. The van der Waals surface area contributed by atoms with E-state index in [2.05, 4.69) is 0 Å². The van der Waals surface area contributed by atoms with Gasteiger partial charge in [0.2, 0.25) is 0 Å². The number of carbonyl (C=O) groups excluding carboxylic acids is 2. The van der Waals surface area contributed by atoms with E-state index in [9.17, 15) is 24.2 Å². The number of ether oxygens (including phenoxy) is 1. The summed E-state index contributed by atoms with van der Waals surface area (Å²) in [6, 6.07) is 11.3. The van der Waals surface area contributed by atoms with Gasteiger partial charge in [0.1, 0.15) is 11.6 Å². The van der Waals surface area contributed by atoms with Gasteiger partial charge in [-0.25, -0.2) is 4.39 Å². The molecule has 1 amide bonds. The van der Waals surface area contributed by atoms with Gasteiger partial charge in [-0.1, -0.05) is 12.1 Å². The zero-order chi connectivity index (χ0) is 23.7. The van der Waals surface area contributed by atoms with Crippen LogP contribution in [0.25, 0.3) is 5.76 Å². The number of thiophene rings is 1. The van der Waals surface area contributed by atoms with Crippen molar-refractivity contribution < 1.29 is 28.9 Å². The summed E-state index contributed by atoms with van der Waals surface area (Å²) in [5.41, 5.74) is 0.923. The van der Waals surface area contributed by atoms with E-state index in [-0.39, 0.29) is 34.9 Å². The third-order valence-corrected chi connectivity index (χ3v) is 6.34. The standard InChI is InChI=1S/C25H22FNO5S/c1-3-32-20-12-15(7-9-19(20)28)22-21(23(29)16-6-8-18(26)14(2)11-16)24(30)25(31)27(22)13-17-5-4-10-33-17/h4-12,22,28-29H,3,13H2,1-2H3/b23-21-. The number of hydrogen-bond donors (Lipinski definition) is 2. The number of phenols is 1. The van der Waals surface area contributed by atoms with Crippen molar-refractivity contribution in [2.24, 2.45) is 0 Å². The van der Waals surface area contributed by atoms with E-state index in [0.29, 0.717) is 17.7 Å². The number of rotatable bonds is 6. The molecule has 3 aromatic rings. The number of aliphatic hydroxyl groups excluding tert-OH is 1. The van der Waals surface area contributed by atoms with E-state index in [1.54, 1.807) is 26.0 Å². The Morgan fingerprint density at radius 3 is 2.64 bits per heavy atom. The van der Waals surface area contributed by atoms with Crippen LogP contribution in [0.2, 0.25) is 0 Å². The van der Waals surface area contributed by atoms with Crippen molar-refractivity contribution in [1.82, 2.24) is 4.90 Å². The number of halogens is 1. The minimum absolute atomic E-state index is 0.0787. The van der Waals surface area contributed by atoms with Crippen LogP contribution in [-0.4, -0.2) is 33.4 Å². The first-order chi connectivity index (χ1) is 15.8. The highest BCUT2D eigenvalue weighted by atomic mass is 32.1. The minimum Gasteiger partial charge on any atom is -0.507 e. The Morgan fingerprint density at radius 1 is 1.18 bits per heavy atom. The van der Waals surface area contributed by atoms with E-state index in [1.165, 1.54) is 40.5 Å². The maximum atomic E-state index is 13.8. The molecule has 0 spiro atoms. The fourth-order valence-electron chi connectivity index (χ4n) is 3.88. The first-order valence-electron chi connectivity index (χ1n) is 10.3. The number of carbonyl (C=O) groups is 2. The number of amides is 1. The molecule has 0 bridgehead atoms. The summed E-state index contributed by atoms with van der Waals surface area (Å²) in [6.45, 7) is 3.79. The van der Waals surface area contributed by atoms with E-state index in [1.807, 2.05) is 17.5 Å². The molecule has 170 valence electrons. The molecule has 2 aromatic carbocycles. The molecule has 8 heteroatoms. The molecule has 1 aliphatic heterocycles. The van der Waals surface area contributed by atoms with E-state index in [0.717, 1.165) is 4.88 Å². The molecule has 1 saturated heterocycles. The van der Waals surface area contributed by atoms with Gasteiger partial charge in [0, 0.05) is 10.4 Å². The molecule has 1 unspecified atom stereocenters. The van der Waals surface area contributed by atoms with Gasteiger partial charge in [-0.2, -0.15) is 0 Å². The Balaban J connectivity index is 1.90. The van der Waals surface area contributed by atoms with Gasteiger partial charge in [-0.3, -0.25) is 9.59 Å². The van der Waals surface area contributed by atoms with Crippen LogP contribution in [0, 0.1) is 12.7 Å². The average Bonchev–Trinajstić information content (AvgIpc) is 3.39. The molecule has 1 aliphatic rings. The second-order valence-electron chi connectivity index (χ2n) is 7.63. The molecular weight excluding hydrogens is 445 g/mol. The second-order valence-corrected chi connectivity index (χ2v) is 8.66. The lowest BCUT2D eigenvalue weighted by atomic mass is 9.94. The molecule has 2 N–H and O–H groups in total. The maximum absolute atomic E-state index is 13.8. The van der Waals surface area contributed by atoms with Crippen LogP contribution in [0.5, 0.6) is 11.5 Å². The predicted molar refractivity (Wildman–Crippen MR) is 123 cm³/mol.